The molecule has 0 amide bonds. The Kier molecular flexibility index (Phi) is 4.68. The summed E-state index contributed by atoms with van der Waals surface area (Å²) in [5.74, 6) is -0.753. The summed E-state index contributed by atoms with van der Waals surface area (Å²) in [6.07, 6.45) is 0. The van der Waals surface area contributed by atoms with Gasteiger partial charge >= 0.3 is 5.97 Å². The van der Waals surface area contributed by atoms with Gasteiger partial charge in [0.25, 0.3) is 5.25 Å². The van der Waals surface area contributed by atoms with Gasteiger partial charge in [0.2, 0.25) is 4.33 Å². The van der Waals surface area contributed by atoms with Crippen molar-refractivity contribution in [3.8, 4) is 0 Å². The van der Waals surface area contributed by atoms with Crippen LogP contribution in [-0.2, 0) is 9.53 Å². The zero-order valence-corrected chi connectivity index (χ0v) is 9.53. The molecule has 14 heavy (non-hydrogen) atoms. The number of aliphatic hydroxyl groups is 2. The van der Waals surface area contributed by atoms with Crippen LogP contribution in [0.15, 0.2) is 12.2 Å². The van der Waals surface area contributed by atoms with Crippen LogP contribution in [0.4, 0.5) is 0 Å². The maximum Gasteiger partial charge on any atom is 0.333 e. The van der Waals surface area contributed by atoms with Crippen molar-refractivity contribution in [1.82, 2.24) is 0 Å². The van der Waals surface area contributed by atoms with Crippen LogP contribution >= 0.6 is 34.8 Å². The van der Waals surface area contributed by atoms with Crippen LogP contribution in [0.1, 0.15) is 6.92 Å². The number of esters is 1. The third-order valence-corrected chi connectivity index (χ3v) is 2.46. The number of hydrogen-bond donors (Lipinski definition) is 2. The predicted molar refractivity (Wildman–Crippen MR) is 53.2 cm³/mol. The van der Waals surface area contributed by atoms with Gasteiger partial charge in [0, 0.05) is 5.57 Å². The maximum absolute atomic E-state index is 10.9. The molecule has 0 saturated carbocycles. The van der Waals surface area contributed by atoms with E-state index in [9.17, 15) is 4.79 Å². The van der Waals surface area contributed by atoms with Crippen molar-refractivity contribution in [2.24, 2.45) is 0 Å². The fourth-order valence-corrected chi connectivity index (χ4v) is 0.535. The van der Waals surface area contributed by atoms with Crippen molar-refractivity contribution in [3.63, 3.8) is 0 Å². The molecule has 82 valence electrons. The van der Waals surface area contributed by atoms with Crippen LogP contribution in [0.3, 0.4) is 0 Å². The van der Waals surface area contributed by atoms with Crippen LogP contribution in [0.25, 0.3) is 0 Å². The number of carbonyl (C=O) groups is 1. The minimum Gasteiger partial charge on any atom is -0.459 e. The lowest BCUT2D eigenvalue weighted by Crippen LogP contribution is -2.45. The summed E-state index contributed by atoms with van der Waals surface area (Å²) < 4.78 is 2.28. The zero-order valence-electron chi connectivity index (χ0n) is 7.26. The lowest BCUT2D eigenvalue weighted by Gasteiger charge is -2.27. The van der Waals surface area contributed by atoms with E-state index >= 15 is 0 Å². The van der Waals surface area contributed by atoms with Crippen LogP contribution in [0.5, 0.6) is 0 Å². The molecule has 7 heteroatoms. The second-order valence-electron chi connectivity index (χ2n) is 2.65. The first-order valence-corrected chi connectivity index (χ1v) is 4.55. The van der Waals surface area contributed by atoms with E-state index in [1.54, 1.807) is 0 Å². The zero-order chi connectivity index (χ0) is 11.6. The molecule has 0 aromatic carbocycles. The highest BCUT2D eigenvalue weighted by Crippen LogP contribution is 2.35. The Balaban J connectivity index is 4.27. The largest absolute Gasteiger partial charge is 0.459 e. The first kappa shape index (κ1) is 14.0. The Labute approximate surface area is 96.0 Å². The van der Waals surface area contributed by atoms with Crippen molar-refractivity contribution in [1.29, 1.82) is 0 Å². The van der Waals surface area contributed by atoms with Gasteiger partial charge in [-0.2, -0.15) is 0 Å². The summed E-state index contributed by atoms with van der Waals surface area (Å²) in [5, 5.41) is 14.8. The molecule has 0 radical (unpaired) electrons. The van der Waals surface area contributed by atoms with Gasteiger partial charge in [-0.05, 0) is 6.92 Å². The third-order valence-electron chi connectivity index (χ3n) is 1.20. The van der Waals surface area contributed by atoms with Crippen LogP contribution in [0.2, 0.25) is 0 Å². The van der Waals surface area contributed by atoms with E-state index in [1.165, 1.54) is 6.92 Å². The van der Waals surface area contributed by atoms with E-state index in [0.717, 1.165) is 0 Å². The molecule has 0 aromatic heterocycles. The molecule has 2 N–H and O–H groups in total. The quantitative estimate of drug-likeness (QED) is 0.346. The molecule has 0 fully saturated rings. The number of ether oxygens (including phenoxy) is 1. The maximum atomic E-state index is 10.9. The fourth-order valence-electron chi connectivity index (χ4n) is 0.371. The Hall–Kier alpha value is 0. The first-order valence-electron chi connectivity index (χ1n) is 3.42. The number of alkyl halides is 3. The van der Waals surface area contributed by atoms with Crippen molar-refractivity contribution < 1.29 is 19.7 Å². The number of rotatable bonds is 4. The Morgan fingerprint density at radius 1 is 1.43 bits per heavy atom. The molecule has 0 aliphatic rings. The Bertz CT molecular complexity index is 244. The number of hydrogen-bond acceptors (Lipinski definition) is 4. The van der Waals surface area contributed by atoms with E-state index in [1.807, 2.05) is 0 Å². The van der Waals surface area contributed by atoms with Gasteiger partial charge in [0.05, 0.1) is 0 Å². The van der Waals surface area contributed by atoms with Crippen LogP contribution in [0, 0.1) is 0 Å². The molecule has 0 aliphatic heterocycles. The standard InChI is InChI=1S/C7H9Cl3O4/c1-4(2)5(11)14-3-6(8,9)7(10,12)13/h12-13H,1,3H2,2H3. The van der Waals surface area contributed by atoms with Crippen molar-refractivity contribution in [2.45, 2.75) is 16.5 Å². The average Bonchev–Trinajstić information content (AvgIpc) is 1.97. The molecule has 0 unspecified atom stereocenters. The summed E-state index contributed by atoms with van der Waals surface area (Å²) >= 11 is 15.8. The Morgan fingerprint density at radius 3 is 2.14 bits per heavy atom. The molecule has 0 aliphatic carbocycles. The lowest BCUT2D eigenvalue weighted by atomic mass is 10.3. The highest BCUT2D eigenvalue weighted by atomic mass is 35.5. The molecule has 0 heterocycles. The van der Waals surface area contributed by atoms with Gasteiger partial charge < -0.3 is 14.9 Å². The number of halogens is 3. The highest BCUT2D eigenvalue weighted by molar-refractivity contribution is 6.52. The van der Waals surface area contributed by atoms with E-state index < -0.39 is 22.2 Å². The smallest absolute Gasteiger partial charge is 0.333 e. The topological polar surface area (TPSA) is 66.8 Å². The first-order chi connectivity index (χ1) is 6.08. The second-order valence-corrected chi connectivity index (χ2v) is 4.66. The Morgan fingerprint density at radius 2 is 1.86 bits per heavy atom. The van der Waals surface area contributed by atoms with Crippen LogP contribution in [-0.4, -0.2) is 32.4 Å². The molecular weight excluding hydrogens is 254 g/mol. The second kappa shape index (κ2) is 4.68. The molecule has 0 bridgehead atoms. The van der Waals surface area contributed by atoms with Gasteiger partial charge in [0.1, 0.15) is 6.61 Å². The van der Waals surface area contributed by atoms with E-state index in [2.05, 4.69) is 11.3 Å². The molecule has 0 aromatic rings. The van der Waals surface area contributed by atoms with Crippen molar-refractivity contribution in [3.05, 3.63) is 12.2 Å². The van der Waals surface area contributed by atoms with Gasteiger partial charge in [-0.25, -0.2) is 4.79 Å². The van der Waals surface area contributed by atoms with Gasteiger partial charge in [0.15, 0.2) is 0 Å². The minimum absolute atomic E-state index is 0.130. The minimum atomic E-state index is -2.88. The molecule has 0 rings (SSSR count). The van der Waals surface area contributed by atoms with E-state index in [4.69, 9.17) is 45.0 Å². The fraction of sp³-hybridized carbons (Fsp3) is 0.571. The summed E-state index contributed by atoms with van der Waals surface area (Å²) in [6.45, 7) is 4.05. The normalized spacial score (nSPS) is 12.4. The number of carbonyl (C=O) groups excluding carboxylic acids is 1. The molecule has 0 saturated heterocycles. The van der Waals surface area contributed by atoms with Gasteiger partial charge in [-0.15, -0.1) is 0 Å². The third kappa shape index (κ3) is 4.02. The van der Waals surface area contributed by atoms with E-state index in [0.29, 0.717) is 0 Å². The molecule has 4 nitrogen and oxygen atoms in total. The highest BCUT2D eigenvalue weighted by Gasteiger charge is 2.47. The van der Waals surface area contributed by atoms with Gasteiger partial charge in [-0.1, -0.05) is 41.4 Å². The van der Waals surface area contributed by atoms with Gasteiger partial charge in [-0.3, -0.25) is 0 Å². The summed E-state index contributed by atoms with van der Waals surface area (Å²) in [7, 11) is 0. The summed E-state index contributed by atoms with van der Waals surface area (Å²) in [6, 6.07) is 0. The van der Waals surface area contributed by atoms with Crippen molar-refractivity contribution in [2.75, 3.05) is 6.61 Å². The summed E-state index contributed by atoms with van der Waals surface area (Å²) in [5.41, 5.74) is 0.130. The van der Waals surface area contributed by atoms with Crippen LogP contribution < -0.4 is 0 Å². The summed E-state index contributed by atoms with van der Waals surface area (Å²) in [4.78, 5) is 10.9. The monoisotopic (exact) mass is 262 g/mol. The van der Waals surface area contributed by atoms with E-state index in [-0.39, 0.29) is 5.57 Å². The SMILES string of the molecule is C=C(C)C(=O)OCC(Cl)(Cl)C(O)(O)Cl. The molecule has 0 atom stereocenters. The lowest BCUT2D eigenvalue weighted by molar-refractivity contribution is -0.145. The predicted octanol–water partition coefficient (Wildman–Crippen LogP) is 1.16. The average molecular weight is 264 g/mol. The molecule has 0 spiro atoms. The van der Waals surface area contributed by atoms with Crippen molar-refractivity contribution >= 4 is 40.8 Å². The molecular formula is C7H9Cl3O4.